The quantitative estimate of drug-likeness (QED) is 0.249. The summed E-state index contributed by atoms with van der Waals surface area (Å²) in [7, 11) is -3.43. The second-order valence-corrected chi connectivity index (χ2v) is 9.30. The zero-order chi connectivity index (χ0) is 20.2. The highest BCUT2D eigenvalue weighted by Gasteiger charge is 2.44. The van der Waals surface area contributed by atoms with Crippen molar-refractivity contribution in [3.05, 3.63) is 34.6 Å². The number of hydrogen-bond acceptors (Lipinski definition) is 3. The topological polar surface area (TPSA) is 27.7 Å². The molecule has 0 fully saturated rings. The van der Waals surface area contributed by atoms with E-state index in [1.54, 1.807) is 41.5 Å². The monoisotopic (exact) mass is 400 g/mol. The van der Waals surface area contributed by atoms with Crippen LogP contribution in [0.2, 0.25) is 6.04 Å². The van der Waals surface area contributed by atoms with E-state index in [0.717, 1.165) is 0 Å². The Kier molecular flexibility index (Phi) is 8.19. The van der Waals surface area contributed by atoms with Gasteiger partial charge in [-0.2, -0.15) is 0 Å². The van der Waals surface area contributed by atoms with Gasteiger partial charge < -0.3 is 13.3 Å². The summed E-state index contributed by atoms with van der Waals surface area (Å²) >= 11 is 0. The molecule has 0 aliphatic rings. The van der Waals surface area contributed by atoms with E-state index >= 15 is 0 Å². The van der Waals surface area contributed by atoms with Crippen molar-refractivity contribution in [2.24, 2.45) is 0 Å². The van der Waals surface area contributed by atoms with Crippen LogP contribution in [0, 0.1) is 29.1 Å². The average Bonchev–Trinajstić information content (AvgIpc) is 2.48. The van der Waals surface area contributed by atoms with Crippen LogP contribution in [0.4, 0.5) is 22.0 Å². The molecule has 0 aliphatic heterocycles. The van der Waals surface area contributed by atoms with Gasteiger partial charge in [-0.1, -0.05) is 0 Å². The summed E-state index contributed by atoms with van der Waals surface area (Å²) in [5.74, 6) is -9.80. The largest absolute Gasteiger partial charge is 0.501 e. The summed E-state index contributed by atoms with van der Waals surface area (Å²) in [5, 5.41) is 0. The zero-order valence-electron chi connectivity index (χ0n) is 15.8. The molecule has 0 aromatic heterocycles. The molecule has 0 radical (unpaired) electrons. The molecule has 1 aromatic carbocycles. The van der Waals surface area contributed by atoms with Gasteiger partial charge >= 0.3 is 8.80 Å². The fourth-order valence-electron chi connectivity index (χ4n) is 2.49. The van der Waals surface area contributed by atoms with Crippen molar-refractivity contribution in [1.29, 1.82) is 0 Å². The van der Waals surface area contributed by atoms with Gasteiger partial charge in [0.05, 0.1) is 0 Å². The van der Waals surface area contributed by atoms with Crippen LogP contribution < -0.4 is 0 Å². The predicted octanol–water partition coefficient (Wildman–Crippen LogP) is 5.14. The molecule has 0 atom stereocenters. The van der Waals surface area contributed by atoms with Crippen molar-refractivity contribution in [2.75, 3.05) is 0 Å². The van der Waals surface area contributed by atoms with Crippen LogP contribution in [0.3, 0.4) is 0 Å². The number of hydrogen-bond donors (Lipinski definition) is 0. The summed E-state index contributed by atoms with van der Waals surface area (Å²) in [4.78, 5) is 0. The molecule has 0 N–H and O–H groups in total. The van der Waals surface area contributed by atoms with Gasteiger partial charge in [0.15, 0.2) is 23.3 Å². The highest BCUT2D eigenvalue weighted by atomic mass is 28.4. The highest BCUT2D eigenvalue weighted by molar-refractivity contribution is 6.60. The maximum atomic E-state index is 13.9. The first-order chi connectivity index (χ1) is 11.9. The highest BCUT2D eigenvalue weighted by Crippen LogP contribution is 2.28. The second-order valence-electron chi connectivity index (χ2n) is 6.73. The van der Waals surface area contributed by atoms with E-state index in [1.165, 1.54) is 0 Å². The Balaban J connectivity index is 3.24. The molecule has 3 nitrogen and oxygen atoms in total. The molecule has 0 aliphatic carbocycles. The van der Waals surface area contributed by atoms with Gasteiger partial charge in [-0.3, -0.25) is 0 Å². The molecule has 1 aromatic rings. The smallest absolute Gasteiger partial charge is 0.371 e. The third-order valence-electron chi connectivity index (χ3n) is 3.23. The summed E-state index contributed by atoms with van der Waals surface area (Å²) in [6, 6.07) is -0.125. The Morgan fingerprint density at radius 2 is 0.923 bits per heavy atom. The zero-order valence-corrected chi connectivity index (χ0v) is 16.8. The van der Waals surface area contributed by atoms with Gasteiger partial charge in [0.1, 0.15) is 0 Å². The number of rotatable bonds is 9. The first-order valence-corrected chi connectivity index (χ1v) is 10.4. The third kappa shape index (κ3) is 5.73. The fraction of sp³-hybridized carbons (Fsp3) is 0.647. The number of halogens is 5. The van der Waals surface area contributed by atoms with Crippen LogP contribution in [0.15, 0.2) is 0 Å². The van der Waals surface area contributed by atoms with Crippen LogP contribution in [-0.2, 0) is 19.7 Å². The van der Waals surface area contributed by atoms with E-state index in [9.17, 15) is 22.0 Å². The van der Waals surface area contributed by atoms with Crippen LogP contribution in [-0.4, -0.2) is 27.1 Å². The lowest BCUT2D eigenvalue weighted by atomic mass is 10.1. The van der Waals surface area contributed by atoms with Gasteiger partial charge in [0, 0.05) is 29.9 Å². The molecule has 0 unspecified atom stereocenters. The first-order valence-electron chi connectivity index (χ1n) is 8.44. The van der Waals surface area contributed by atoms with Crippen LogP contribution in [0.5, 0.6) is 0 Å². The SMILES string of the molecule is CC(C)O[Si](CCc1c(F)c(F)c(F)c(F)c1F)(OC(C)C)OC(C)C. The molecule has 150 valence electrons. The van der Waals surface area contributed by atoms with Crippen molar-refractivity contribution in [3.8, 4) is 0 Å². The molecule has 0 bridgehead atoms. The maximum absolute atomic E-state index is 13.9. The van der Waals surface area contributed by atoms with E-state index in [1.807, 2.05) is 0 Å². The molecule has 0 spiro atoms. The molecule has 0 amide bonds. The van der Waals surface area contributed by atoms with Gasteiger partial charge in [-0.05, 0) is 48.0 Å². The molecular weight excluding hydrogens is 375 g/mol. The van der Waals surface area contributed by atoms with Crippen molar-refractivity contribution in [1.82, 2.24) is 0 Å². The van der Waals surface area contributed by atoms with E-state index in [0.29, 0.717) is 0 Å². The Labute approximate surface area is 151 Å². The molecule has 0 saturated carbocycles. The lowest BCUT2D eigenvalue weighted by Crippen LogP contribution is -2.51. The van der Waals surface area contributed by atoms with Crippen LogP contribution >= 0.6 is 0 Å². The normalized spacial score (nSPS) is 12.7. The van der Waals surface area contributed by atoms with Gasteiger partial charge in [0.25, 0.3) is 0 Å². The van der Waals surface area contributed by atoms with Gasteiger partial charge in [-0.25, -0.2) is 22.0 Å². The Bertz CT molecular complexity index is 567. The van der Waals surface area contributed by atoms with Gasteiger partial charge in [0.2, 0.25) is 5.82 Å². The molecule has 0 saturated heterocycles. The predicted molar refractivity (Wildman–Crippen MR) is 89.2 cm³/mol. The van der Waals surface area contributed by atoms with Crippen molar-refractivity contribution in [2.45, 2.75) is 72.3 Å². The molecule has 26 heavy (non-hydrogen) atoms. The Morgan fingerprint density at radius 1 is 0.615 bits per heavy atom. The van der Waals surface area contributed by atoms with Crippen molar-refractivity contribution < 1.29 is 35.2 Å². The summed E-state index contributed by atoms with van der Waals surface area (Å²) < 4.78 is 85.4. The lowest BCUT2D eigenvalue weighted by molar-refractivity contribution is 0.00323. The van der Waals surface area contributed by atoms with Crippen molar-refractivity contribution >= 4 is 8.80 Å². The summed E-state index contributed by atoms with van der Waals surface area (Å²) in [6.07, 6.45) is -1.40. The minimum Gasteiger partial charge on any atom is -0.371 e. The van der Waals surface area contributed by atoms with Crippen LogP contribution in [0.1, 0.15) is 47.1 Å². The Morgan fingerprint density at radius 3 is 1.23 bits per heavy atom. The fourth-order valence-corrected chi connectivity index (χ4v) is 5.72. The van der Waals surface area contributed by atoms with E-state index < -0.39 is 49.9 Å². The van der Waals surface area contributed by atoms with E-state index in [4.69, 9.17) is 13.3 Å². The van der Waals surface area contributed by atoms with Crippen molar-refractivity contribution in [3.63, 3.8) is 0 Å². The molecular formula is C17H25F5O3Si. The Hall–Kier alpha value is -1.03. The van der Waals surface area contributed by atoms with E-state index in [-0.39, 0.29) is 24.4 Å². The minimum atomic E-state index is -3.43. The summed E-state index contributed by atoms with van der Waals surface area (Å²) in [5.41, 5.74) is -0.898. The van der Waals surface area contributed by atoms with E-state index in [2.05, 4.69) is 0 Å². The second kappa shape index (κ2) is 9.25. The average molecular weight is 400 g/mol. The van der Waals surface area contributed by atoms with Gasteiger partial charge in [-0.15, -0.1) is 0 Å². The van der Waals surface area contributed by atoms with Crippen LogP contribution in [0.25, 0.3) is 0 Å². The lowest BCUT2D eigenvalue weighted by Gasteiger charge is -2.34. The number of benzene rings is 1. The standard InChI is InChI=1S/C17H25F5O3Si/c1-9(2)23-26(24-10(3)4,25-11(5)6)8-7-12-13(18)15(20)17(22)16(21)14(12)19/h9-11H,7-8H2,1-6H3. The maximum Gasteiger partial charge on any atom is 0.501 e. The molecule has 0 heterocycles. The third-order valence-corrected chi connectivity index (χ3v) is 6.58. The summed E-state index contributed by atoms with van der Waals surface area (Å²) in [6.45, 7) is 10.5. The minimum absolute atomic E-state index is 0.125. The first kappa shape index (κ1) is 23.0. The molecule has 1 rings (SSSR count). The molecule has 9 heteroatoms.